The van der Waals surface area contributed by atoms with Crippen molar-refractivity contribution in [1.82, 2.24) is 0 Å². The topological polar surface area (TPSA) is 40.5 Å². The number of hydrogen-bond acceptors (Lipinski definition) is 2. The minimum Gasteiger partial charge on any atom is -0.508 e. The Morgan fingerprint density at radius 3 is 2.50 bits per heavy atom. The lowest BCUT2D eigenvalue weighted by atomic mass is 9.86. The van der Waals surface area contributed by atoms with Crippen molar-refractivity contribution in [3.05, 3.63) is 29.6 Å². The van der Waals surface area contributed by atoms with E-state index in [4.69, 9.17) is 10.2 Å². The van der Waals surface area contributed by atoms with Crippen molar-refractivity contribution in [3.63, 3.8) is 0 Å². The monoisotopic (exact) mass is 198 g/mol. The third-order valence-electron chi connectivity index (χ3n) is 2.13. The SMILES string of the molecule is CC(C)(CO)Cc1ccc(O)cc1F. The second kappa shape index (κ2) is 3.96. The van der Waals surface area contributed by atoms with Crippen molar-refractivity contribution in [2.45, 2.75) is 20.3 Å². The van der Waals surface area contributed by atoms with E-state index >= 15 is 0 Å². The molecule has 2 nitrogen and oxygen atoms in total. The number of aliphatic hydroxyl groups is 1. The van der Waals surface area contributed by atoms with Gasteiger partial charge in [0.05, 0.1) is 0 Å². The van der Waals surface area contributed by atoms with E-state index in [-0.39, 0.29) is 17.8 Å². The number of rotatable bonds is 3. The van der Waals surface area contributed by atoms with Crippen LogP contribution in [0.3, 0.4) is 0 Å². The number of aliphatic hydroxyl groups excluding tert-OH is 1. The fourth-order valence-corrected chi connectivity index (χ4v) is 1.25. The van der Waals surface area contributed by atoms with Crippen LogP contribution >= 0.6 is 0 Å². The summed E-state index contributed by atoms with van der Waals surface area (Å²) in [5.74, 6) is -0.500. The molecule has 0 aliphatic heterocycles. The lowest BCUT2D eigenvalue weighted by molar-refractivity contribution is 0.158. The summed E-state index contributed by atoms with van der Waals surface area (Å²) in [6.45, 7) is 3.73. The first kappa shape index (κ1) is 11.0. The number of hydrogen-bond donors (Lipinski definition) is 2. The van der Waals surface area contributed by atoms with E-state index in [0.29, 0.717) is 12.0 Å². The van der Waals surface area contributed by atoms with E-state index in [2.05, 4.69) is 0 Å². The van der Waals surface area contributed by atoms with E-state index in [9.17, 15) is 4.39 Å². The Bertz CT molecular complexity index is 321. The average molecular weight is 198 g/mol. The Kier molecular flexibility index (Phi) is 3.11. The molecule has 0 amide bonds. The summed E-state index contributed by atoms with van der Waals surface area (Å²) in [5, 5.41) is 18.0. The van der Waals surface area contributed by atoms with Crippen molar-refractivity contribution < 1.29 is 14.6 Å². The van der Waals surface area contributed by atoms with Gasteiger partial charge in [-0.15, -0.1) is 0 Å². The van der Waals surface area contributed by atoms with Gasteiger partial charge in [0.1, 0.15) is 11.6 Å². The first-order valence-electron chi connectivity index (χ1n) is 4.53. The first-order valence-corrected chi connectivity index (χ1v) is 4.53. The highest BCUT2D eigenvalue weighted by molar-refractivity contribution is 5.28. The predicted molar refractivity (Wildman–Crippen MR) is 52.6 cm³/mol. The van der Waals surface area contributed by atoms with Gasteiger partial charge in [0.25, 0.3) is 0 Å². The Hall–Kier alpha value is -1.09. The van der Waals surface area contributed by atoms with Crippen LogP contribution in [-0.2, 0) is 6.42 Å². The average Bonchev–Trinajstić information content (AvgIpc) is 2.10. The maximum absolute atomic E-state index is 13.3. The highest BCUT2D eigenvalue weighted by Gasteiger charge is 2.19. The van der Waals surface area contributed by atoms with Crippen molar-refractivity contribution in [1.29, 1.82) is 0 Å². The fourth-order valence-electron chi connectivity index (χ4n) is 1.25. The highest BCUT2D eigenvalue weighted by atomic mass is 19.1. The molecular weight excluding hydrogens is 183 g/mol. The van der Waals surface area contributed by atoms with Gasteiger partial charge in [0.15, 0.2) is 0 Å². The van der Waals surface area contributed by atoms with Gasteiger partial charge in [0.2, 0.25) is 0 Å². The van der Waals surface area contributed by atoms with Gasteiger partial charge < -0.3 is 10.2 Å². The molecule has 0 aromatic heterocycles. The van der Waals surface area contributed by atoms with Gasteiger partial charge in [-0.3, -0.25) is 0 Å². The van der Waals surface area contributed by atoms with E-state index in [1.54, 1.807) is 6.07 Å². The molecule has 0 fully saturated rings. The maximum atomic E-state index is 13.3. The predicted octanol–water partition coefficient (Wildman–Crippen LogP) is 2.09. The summed E-state index contributed by atoms with van der Waals surface area (Å²) in [4.78, 5) is 0. The van der Waals surface area contributed by atoms with Gasteiger partial charge in [-0.2, -0.15) is 0 Å². The smallest absolute Gasteiger partial charge is 0.130 e. The number of phenols is 1. The fraction of sp³-hybridized carbons (Fsp3) is 0.455. The molecule has 1 rings (SSSR count). The molecule has 1 aromatic carbocycles. The van der Waals surface area contributed by atoms with Crippen LogP contribution in [0.4, 0.5) is 4.39 Å². The first-order chi connectivity index (χ1) is 6.44. The summed E-state index contributed by atoms with van der Waals surface area (Å²) in [7, 11) is 0. The third-order valence-corrected chi connectivity index (χ3v) is 2.13. The molecule has 1 aromatic rings. The second-order valence-corrected chi connectivity index (χ2v) is 4.27. The zero-order chi connectivity index (χ0) is 10.8. The Morgan fingerprint density at radius 2 is 2.00 bits per heavy atom. The molecule has 14 heavy (non-hydrogen) atoms. The standard InChI is InChI=1S/C11H15FO2/c1-11(2,7-13)6-8-3-4-9(14)5-10(8)12/h3-5,13-14H,6-7H2,1-2H3. The van der Waals surface area contributed by atoms with Crippen LogP contribution in [0.5, 0.6) is 5.75 Å². The zero-order valence-corrected chi connectivity index (χ0v) is 8.42. The molecular formula is C11H15FO2. The van der Waals surface area contributed by atoms with Gasteiger partial charge in [-0.1, -0.05) is 19.9 Å². The van der Waals surface area contributed by atoms with Crippen LogP contribution in [0.1, 0.15) is 19.4 Å². The molecule has 0 radical (unpaired) electrons. The molecule has 78 valence electrons. The summed E-state index contributed by atoms with van der Waals surface area (Å²) in [6, 6.07) is 4.08. The number of aromatic hydroxyl groups is 1. The van der Waals surface area contributed by atoms with Crippen molar-refractivity contribution >= 4 is 0 Å². The molecule has 0 saturated carbocycles. The lowest BCUT2D eigenvalue weighted by Gasteiger charge is -2.21. The molecule has 3 heteroatoms. The molecule has 0 saturated heterocycles. The third kappa shape index (κ3) is 2.70. The summed E-state index contributed by atoms with van der Waals surface area (Å²) in [5.41, 5.74) is 0.180. The highest BCUT2D eigenvalue weighted by Crippen LogP contribution is 2.24. The summed E-state index contributed by atoms with van der Waals surface area (Å²) in [6.07, 6.45) is 0.454. The lowest BCUT2D eigenvalue weighted by Crippen LogP contribution is -2.20. The van der Waals surface area contributed by atoms with Gasteiger partial charge in [-0.25, -0.2) is 4.39 Å². The van der Waals surface area contributed by atoms with Gasteiger partial charge in [-0.05, 0) is 23.5 Å². The molecule has 0 aliphatic rings. The largest absolute Gasteiger partial charge is 0.508 e. The molecule has 0 heterocycles. The number of benzene rings is 1. The molecule has 0 bridgehead atoms. The molecule has 0 spiro atoms. The Balaban J connectivity index is 2.87. The molecule has 2 N–H and O–H groups in total. The minimum absolute atomic E-state index is 0.00726. The van der Waals surface area contributed by atoms with E-state index in [0.717, 1.165) is 6.07 Å². The number of phenolic OH excluding ortho intramolecular Hbond substituents is 1. The minimum atomic E-state index is -0.425. The summed E-state index contributed by atoms with van der Waals surface area (Å²) < 4.78 is 13.3. The van der Waals surface area contributed by atoms with E-state index in [1.807, 2.05) is 13.8 Å². The summed E-state index contributed by atoms with van der Waals surface area (Å²) >= 11 is 0. The van der Waals surface area contributed by atoms with Crippen molar-refractivity contribution in [2.24, 2.45) is 5.41 Å². The van der Waals surface area contributed by atoms with Crippen LogP contribution in [0.15, 0.2) is 18.2 Å². The van der Waals surface area contributed by atoms with Crippen molar-refractivity contribution in [2.75, 3.05) is 6.61 Å². The van der Waals surface area contributed by atoms with Crippen LogP contribution in [0.2, 0.25) is 0 Å². The van der Waals surface area contributed by atoms with Crippen LogP contribution in [0, 0.1) is 11.2 Å². The van der Waals surface area contributed by atoms with Crippen LogP contribution in [0.25, 0.3) is 0 Å². The Morgan fingerprint density at radius 1 is 1.36 bits per heavy atom. The van der Waals surface area contributed by atoms with Crippen LogP contribution in [-0.4, -0.2) is 16.8 Å². The molecule has 0 unspecified atom stereocenters. The van der Waals surface area contributed by atoms with Crippen LogP contribution < -0.4 is 0 Å². The molecule has 0 atom stereocenters. The zero-order valence-electron chi connectivity index (χ0n) is 8.42. The second-order valence-electron chi connectivity index (χ2n) is 4.27. The Labute approximate surface area is 83.0 Å². The normalized spacial score (nSPS) is 11.7. The maximum Gasteiger partial charge on any atom is 0.130 e. The molecule has 0 aliphatic carbocycles. The van der Waals surface area contributed by atoms with Gasteiger partial charge >= 0.3 is 0 Å². The van der Waals surface area contributed by atoms with Crippen molar-refractivity contribution in [3.8, 4) is 5.75 Å². The van der Waals surface area contributed by atoms with Gasteiger partial charge in [0, 0.05) is 12.7 Å². The van der Waals surface area contributed by atoms with E-state index < -0.39 is 5.82 Å². The quantitative estimate of drug-likeness (QED) is 0.780. The van der Waals surface area contributed by atoms with E-state index in [1.165, 1.54) is 6.07 Å². The number of halogens is 1.